The molecule has 1 fully saturated rings. The summed E-state index contributed by atoms with van der Waals surface area (Å²) in [6, 6.07) is 3.67. The average molecular weight is 379 g/mol. The molecule has 1 saturated heterocycles. The summed E-state index contributed by atoms with van der Waals surface area (Å²) in [6.07, 6.45) is -0.245. The van der Waals surface area contributed by atoms with Gasteiger partial charge in [-0.3, -0.25) is 19.7 Å². The van der Waals surface area contributed by atoms with Crippen LogP contribution >= 0.6 is 12.6 Å². The lowest BCUT2D eigenvalue weighted by atomic mass is 10.0. The number of nitro groups is 1. The maximum atomic E-state index is 12.7. The number of nitrogens with zero attached hydrogens (tertiary/aromatic N) is 2. The van der Waals surface area contributed by atoms with E-state index in [2.05, 4.69) is 24.5 Å². The number of benzene rings is 1. The third kappa shape index (κ3) is 4.61. The fourth-order valence-electron chi connectivity index (χ4n) is 2.58. The molecule has 9 heteroatoms. The molecule has 0 aromatic heterocycles. The van der Waals surface area contributed by atoms with E-state index in [9.17, 15) is 19.7 Å². The van der Waals surface area contributed by atoms with E-state index >= 15 is 0 Å². The number of hydrogen-bond donors (Lipinski definition) is 2. The van der Waals surface area contributed by atoms with Crippen molar-refractivity contribution in [2.45, 2.75) is 30.9 Å². The number of carbonyl (C=O) groups is 2. The molecule has 1 aromatic rings. The number of esters is 1. The molecular weight excluding hydrogens is 358 g/mol. The summed E-state index contributed by atoms with van der Waals surface area (Å²) in [4.78, 5) is 36.9. The van der Waals surface area contributed by atoms with Crippen molar-refractivity contribution >= 4 is 35.8 Å². The van der Waals surface area contributed by atoms with Crippen molar-refractivity contribution in [3.63, 3.8) is 0 Å². The number of nitro benzene ring substituents is 1. The molecule has 0 saturated carbocycles. The predicted molar refractivity (Wildman–Crippen MR) is 99.0 cm³/mol. The molecule has 1 aromatic carbocycles. The van der Waals surface area contributed by atoms with Crippen LogP contribution in [0, 0.1) is 10.1 Å². The highest BCUT2D eigenvalue weighted by atomic mass is 32.1. The zero-order valence-corrected chi connectivity index (χ0v) is 15.5. The Balaban J connectivity index is 2.13. The number of piperazine rings is 1. The van der Waals surface area contributed by atoms with E-state index in [-0.39, 0.29) is 34.7 Å². The molecular formula is C17H21N3O5S. The van der Waals surface area contributed by atoms with Crippen molar-refractivity contribution < 1.29 is 19.2 Å². The number of nitrogens with one attached hydrogen (secondary N) is 1. The summed E-state index contributed by atoms with van der Waals surface area (Å²) in [6.45, 7) is 8.27. The van der Waals surface area contributed by atoms with E-state index < -0.39 is 16.9 Å². The van der Waals surface area contributed by atoms with Gasteiger partial charge in [0.25, 0.3) is 11.6 Å². The molecule has 8 nitrogen and oxygen atoms in total. The SMILES string of the molecule is C=C(C(=O)N1CCNC(C(=O)OC(C)C)C1)c1ccc(S)c([N+](=O)[O-])c1. The molecule has 1 heterocycles. The Morgan fingerprint density at radius 1 is 1.46 bits per heavy atom. The van der Waals surface area contributed by atoms with Gasteiger partial charge in [0.05, 0.1) is 15.9 Å². The van der Waals surface area contributed by atoms with Crippen molar-refractivity contribution in [2.75, 3.05) is 19.6 Å². The van der Waals surface area contributed by atoms with Crippen LogP contribution in [0.4, 0.5) is 5.69 Å². The first-order valence-electron chi connectivity index (χ1n) is 8.10. The molecule has 0 radical (unpaired) electrons. The Morgan fingerprint density at radius 3 is 2.77 bits per heavy atom. The van der Waals surface area contributed by atoms with Crippen molar-refractivity contribution in [2.24, 2.45) is 0 Å². The van der Waals surface area contributed by atoms with E-state index in [0.717, 1.165) is 0 Å². The van der Waals surface area contributed by atoms with Crippen LogP contribution in [0.2, 0.25) is 0 Å². The third-order valence-corrected chi connectivity index (χ3v) is 4.26. The van der Waals surface area contributed by atoms with E-state index in [1.165, 1.54) is 17.0 Å². The molecule has 1 atom stereocenters. The van der Waals surface area contributed by atoms with Gasteiger partial charge in [0.15, 0.2) is 0 Å². The van der Waals surface area contributed by atoms with Crippen LogP contribution in [0.3, 0.4) is 0 Å². The largest absolute Gasteiger partial charge is 0.462 e. The van der Waals surface area contributed by atoms with Crippen molar-refractivity contribution in [3.05, 3.63) is 40.5 Å². The van der Waals surface area contributed by atoms with Gasteiger partial charge in [-0.25, -0.2) is 0 Å². The van der Waals surface area contributed by atoms with E-state index in [1.807, 2.05) is 0 Å². The molecule has 1 amide bonds. The minimum absolute atomic E-state index is 0.124. The van der Waals surface area contributed by atoms with Gasteiger partial charge in [-0.05, 0) is 25.5 Å². The molecule has 2 rings (SSSR count). The van der Waals surface area contributed by atoms with Gasteiger partial charge in [-0.2, -0.15) is 0 Å². The van der Waals surface area contributed by atoms with E-state index in [4.69, 9.17) is 4.74 Å². The summed E-state index contributed by atoms with van der Waals surface area (Å²) < 4.78 is 5.17. The number of amides is 1. The van der Waals surface area contributed by atoms with Crippen LogP contribution in [0.5, 0.6) is 0 Å². The lowest BCUT2D eigenvalue weighted by molar-refractivity contribution is -0.387. The molecule has 0 bridgehead atoms. The maximum Gasteiger partial charge on any atom is 0.325 e. The highest BCUT2D eigenvalue weighted by Crippen LogP contribution is 2.27. The van der Waals surface area contributed by atoms with Gasteiger partial charge in [-0.15, -0.1) is 12.6 Å². The summed E-state index contributed by atoms with van der Waals surface area (Å²) in [5.74, 6) is -0.798. The fourth-order valence-corrected chi connectivity index (χ4v) is 2.80. The first-order valence-corrected chi connectivity index (χ1v) is 8.55. The Bertz CT molecular complexity index is 750. The Kier molecular flexibility index (Phi) is 6.38. The molecule has 1 unspecified atom stereocenters. The predicted octanol–water partition coefficient (Wildman–Crippen LogP) is 1.65. The van der Waals surface area contributed by atoms with Crippen molar-refractivity contribution in [1.82, 2.24) is 10.2 Å². The van der Waals surface area contributed by atoms with Gasteiger partial charge >= 0.3 is 5.97 Å². The Hall–Kier alpha value is -2.39. The molecule has 26 heavy (non-hydrogen) atoms. The molecule has 1 N–H and O–H groups in total. The summed E-state index contributed by atoms with van der Waals surface area (Å²) in [7, 11) is 0. The minimum Gasteiger partial charge on any atom is -0.462 e. The first kappa shape index (κ1) is 19.9. The Morgan fingerprint density at radius 2 is 2.15 bits per heavy atom. The number of ether oxygens (including phenoxy) is 1. The van der Waals surface area contributed by atoms with Gasteiger partial charge in [0.1, 0.15) is 6.04 Å². The van der Waals surface area contributed by atoms with Crippen LogP contribution in [0.1, 0.15) is 19.4 Å². The average Bonchev–Trinajstić information content (AvgIpc) is 2.60. The molecule has 0 spiro atoms. The molecule has 140 valence electrons. The van der Waals surface area contributed by atoms with Crippen LogP contribution in [0.25, 0.3) is 5.57 Å². The van der Waals surface area contributed by atoms with Gasteiger partial charge in [0.2, 0.25) is 0 Å². The number of thiol groups is 1. The summed E-state index contributed by atoms with van der Waals surface area (Å²) >= 11 is 4.04. The second-order valence-electron chi connectivity index (χ2n) is 6.18. The van der Waals surface area contributed by atoms with Crippen LogP contribution in [-0.2, 0) is 14.3 Å². The smallest absolute Gasteiger partial charge is 0.325 e. The highest BCUT2D eigenvalue weighted by molar-refractivity contribution is 7.80. The zero-order chi connectivity index (χ0) is 19.4. The van der Waals surface area contributed by atoms with E-state index in [1.54, 1.807) is 19.9 Å². The van der Waals surface area contributed by atoms with Crippen LogP contribution < -0.4 is 5.32 Å². The molecule has 0 aliphatic carbocycles. The number of carbonyl (C=O) groups excluding carboxylic acids is 2. The quantitative estimate of drug-likeness (QED) is 0.265. The molecule has 1 aliphatic heterocycles. The second-order valence-corrected chi connectivity index (χ2v) is 6.66. The van der Waals surface area contributed by atoms with E-state index in [0.29, 0.717) is 18.7 Å². The minimum atomic E-state index is -0.614. The first-order chi connectivity index (χ1) is 12.2. The van der Waals surface area contributed by atoms with Gasteiger partial charge in [0, 0.05) is 31.3 Å². The van der Waals surface area contributed by atoms with Crippen molar-refractivity contribution in [1.29, 1.82) is 0 Å². The summed E-state index contributed by atoms with van der Waals surface area (Å²) in [5.41, 5.74) is 0.275. The standard InChI is InChI=1S/C17H21N3O5S/c1-10(2)25-17(22)13-9-19(7-6-18-13)16(21)11(3)12-4-5-15(26)14(8-12)20(23)24/h4-5,8,10,13,18,26H,3,6-7,9H2,1-2H3. The van der Waals surface area contributed by atoms with Gasteiger partial charge in [-0.1, -0.05) is 12.6 Å². The highest BCUT2D eigenvalue weighted by Gasteiger charge is 2.31. The fraction of sp³-hybridized carbons (Fsp3) is 0.412. The number of rotatable bonds is 5. The normalized spacial score (nSPS) is 17.1. The van der Waals surface area contributed by atoms with Crippen LogP contribution in [-0.4, -0.2) is 53.5 Å². The van der Waals surface area contributed by atoms with Gasteiger partial charge < -0.3 is 15.0 Å². The molecule has 1 aliphatic rings. The topological polar surface area (TPSA) is 102 Å². The zero-order valence-electron chi connectivity index (χ0n) is 14.6. The summed E-state index contributed by atoms with van der Waals surface area (Å²) in [5, 5.41) is 14.1. The lowest BCUT2D eigenvalue weighted by Gasteiger charge is -2.33. The number of hydrogen-bond acceptors (Lipinski definition) is 7. The maximum absolute atomic E-state index is 12.7. The lowest BCUT2D eigenvalue weighted by Crippen LogP contribution is -2.56. The van der Waals surface area contributed by atoms with Crippen LogP contribution in [0.15, 0.2) is 29.7 Å². The monoisotopic (exact) mass is 379 g/mol. The third-order valence-electron chi connectivity index (χ3n) is 3.88. The van der Waals surface area contributed by atoms with Crippen molar-refractivity contribution in [3.8, 4) is 0 Å². The second kappa shape index (κ2) is 8.33. The Labute approximate surface area is 156 Å².